The van der Waals surface area contributed by atoms with Crippen molar-refractivity contribution in [3.8, 4) is 5.75 Å². The molecular formula is C16H19Br2NOS. The van der Waals surface area contributed by atoms with Gasteiger partial charge in [-0.1, -0.05) is 28.9 Å². The highest BCUT2D eigenvalue weighted by molar-refractivity contribution is 9.11. The number of halogens is 2. The predicted octanol–water partition coefficient (Wildman–Crippen LogP) is 5.68. The van der Waals surface area contributed by atoms with Gasteiger partial charge in [-0.15, -0.1) is 11.3 Å². The summed E-state index contributed by atoms with van der Waals surface area (Å²) in [7, 11) is 0. The van der Waals surface area contributed by atoms with Gasteiger partial charge in [0, 0.05) is 9.35 Å². The van der Waals surface area contributed by atoms with Gasteiger partial charge in [-0.05, 0) is 65.6 Å². The summed E-state index contributed by atoms with van der Waals surface area (Å²) in [4.78, 5) is 1.31. The third-order valence-corrected chi connectivity index (χ3v) is 6.05. The third kappa shape index (κ3) is 4.09. The average Bonchev–Trinajstić information content (AvgIpc) is 2.77. The van der Waals surface area contributed by atoms with E-state index in [-0.39, 0.29) is 6.04 Å². The van der Waals surface area contributed by atoms with E-state index in [1.807, 2.05) is 19.1 Å². The van der Waals surface area contributed by atoms with Gasteiger partial charge in [-0.25, -0.2) is 0 Å². The van der Waals surface area contributed by atoms with Crippen molar-refractivity contribution in [3.63, 3.8) is 0 Å². The highest BCUT2D eigenvalue weighted by Gasteiger charge is 2.19. The van der Waals surface area contributed by atoms with E-state index in [9.17, 15) is 0 Å². The fourth-order valence-electron chi connectivity index (χ4n) is 2.19. The molecular weight excluding hydrogens is 414 g/mol. The second-order valence-electron chi connectivity index (χ2n) is 4.71. The molecule has 2 aromatic rings. The minimum atomic E-state index is 0.190. The van der Waals surface area contributed by atoms with Crippen molar-refractivity contribution in [1.29, 1.82) is 0 Å². The van der Waals surface area contributed by atoms with Crippen LogP contribution >= 0.6 is 43.2 Å². The molecule has 0 aliphatic carbocycles. The van der Waals surface area contributed by atoms with Crippen molar-refractivity contribution >= 4 is 43.2 Å². The van der Waals surface area contributed by atoms with E-state index in [1.54, 1.807) is 11.3 Å². The molecule has 1 aromatic heterocycles. The molecule has 0 aliphatic rings. The van der Waals surface area contributed by atoms with Crippen molar-refractivity contribution < 1.29 is 4.74 Å². The summed E-state index contributed by atoms with van der Waals surface area (Å²) < 4.78 is 7.82. The topological polar surface area (TPSA) is 21.3 Å². The number of hydrogen-bond acceptors (Lipinski definition) is 3. The van der Waals surface area contributed by atoms with Crippen LogP contribution in [0.2, 0.25) is 0 Å². The number of rotatable bonds is 6. The highest BCUT2D eigenvalue weighted by atomic mass is 79.9. The zero-order valence-corrected chi connectivity index (χ0v) is 16.4. The molecule has 0 aliphatic heterocycles. The van der Waals surface area contributed by atoms with Gasteiger partial charge in [0.1, 0.15) is 5.75 Å². The molecule has 0 fully saturated rings. The zero-order valence-electron chi connectivity index (χ0n) is 12.4. The average molecular weight is 433 g/mol. The van der Waals surface area contributed by atoms with Crippen molar-refractivity contribution in [3.05, 3.63) is 48.5 Å². The van der Waals surface area contributed by atoms with Gasteiger partial charge in [0.15, 0.2) is 0 Å². The largest absolute Gasteiger partial charge is 0.494 e. The molecule has 1 unspecified atom stereocenters. The summed E-state index contributed by atoms with van der Waals surface area (Å²) in [5.41, 5.74) is 2.51. The quantitative estimate of drug-likeness (QED) is 0.633. The minimum absolute atomic E-state index is 0.190. The number of aryl methyl sites for hydroxylation is 1. The van der Waals surface area contributed by atoms with Crippen LogP contribution in [0.25, 0.3) is 0 Å². The van der Waals surface area contributed by atoms with E-state index in [4.69, 9.17) is 4.74 Å². The Balaban J connectivity index is 2.38. The highest BCUT2D eigenvalue weighted by Crippen LogP contribution is 2.37. The summed E-state index contributed by atoms with van der Waals surface area (Å²) in [6.07, 6.45) is 0. The molecule has 0 amide bonds. The summed E-state index contributed by atoms with van der Waals surface area (Å²) in [5, 5.41) is 3.57. The second kappa shape index (κ2) is 7.77. The van der Waals surface area contributed by atoms with Gasteiger partial charge in [-0.2, -0.15) is 0 Å². The maximum absolute atomic E-state index is 5.56. The van der Waals surface area contributed by atoms with E-state index >= 15 is 0 Å². The molecule has 0 saturated heterocycles. The van der Waals surface area contributed by atoms with Gasteiger partial charge >= 0.3 is 0 Å². The Bertz CT molecular complexity index is 593. The van der Waals surface area contributed by atoms with E-state index in [0.717, 1.165) is 16.8 Å². The Hall–Kier alpha value is -0.360. The first-order valence-electron chi connectivity index (χ1n) is 6.98. The smallest absolute Gasteiger partial charge is 0.120 e. The third-order valence-electron chi connectivity index (χ3n) is 3.16. The molecule has 2 nitrogen and oxygen atoms in total. The Morgan fingerprint density at radius 3 is 2.52 bits per heavy atom. The summed E-state index contributed by atoms with van der Waals surface area (Å²) >= 11 is 9.08. The first-order chi connectivity index (χ1) is 10.1. The van der Waals surface area contributed by atoms with Crippen molar-refractivity contribution in [1.82, 2.24) is 5.32 Å². The summed E-state index contributed by atoms with van der Waals surface area (Å²) in [6, 6.07) is 8.63. The molecule has 2 rings (SSSR count). The van der Waals surface area contributed by atoms with Gasteiger partial charge < -0.3 is 10.1 Å². The molecule has 0 spiro atoms. The lowest BCUT2D eigenvalue weighted by atomic mass is 10.0. The molecule has 0 radical (unpaired) electrons. The molecule has 1 N–H and O–H groups in total. The lowest BCUT2D eigenvalue weighted by Crippen LogP contribution is -2.21. The molecule has 1 atom stereocenters. The standard InChI is InChI=1S/C16H19Br2NOS/c1-4-19-15(14-8-10(3)16(18)21-14)12-7-6-11(20-5-2)9-13(12)17/h6-9,15,19H,4-5H2,1-3H3. The van der Waals surface area contributed by atoms with Crippen LogP contribution in [0.1, 0.15) is 35.9 Å². The Labute approximate surface area is 147 Å². The molecule has 0 bridgehead atoms. The van der Waals surface area contributed by atoms with Crippen LogP contribution in [0.3, 0.4) is 0 Å². The number of ether oxygens (including phenoxy) is 1. The second-order valence-corrected chi connectivity index (χ2v) is 7.97. The van der Waals surface area contributed by atoms with Gasteiger partial charge in [0.2, 0.25) is 0 Å². The molecule has 114 valence electrons. The van der Waals surface area contributed by atoms with Gasteiger partial charge in [0.05, 0.1) is 16.4 Å². The van der Waals surface area contributed by atoms with Crippen LogP contribution in [-0.4, -0.2) is 13.2 Å². The van der Waals surface area contributed by atoms with Crippen LogP contribution < -0.4 is 10.1 Å². The molecule has 1 heterocycles. The van der Waals surface area contributed by atoms with E-state index in [1.165, 1.54) is 19.8 Å². The number of benzene rings is 1. The molecule has 21 heavy (non-hydrogen) atoms. The van der Waals surface area contributed by atoms with Crippen LogP contribution in [0.15, 0.2) is 32.5 Å². The Morgan fingerprint density at radius 1 is 1.24 bits per heavy atom. The SMILES string of the molecule is CCNC(c1cc(C)c(Br)s1)c1ccc(OCC)cc1Br. The van der Waals surface area contributed by atoms with Crippen molar-refractivity contribution in [2.75, 3.05) is 13.2 Å². The normalized spacial score (nSPS) is 12.4. The first kappa shape index (κ1) is 17.0. The van der Waals surface area contributed by atoms with E-state index in [2.05, 4.69) is 63.2 Å². The molecule has 0 saturated carbocycles. The van der Waals surface area contributed by atoms with E-state index in [0.29, 0.717) is 6.61 Å². The van der Waals surface area contributed by atoms with Gasteiger partial charge in [-0.3, -0.25) is 0 Å². The Kier molecular flexibility index (Phi) is 6.29. The maximum atomic E-state index is 5.56. The van der Waals surface area contributed by atoms with Crippen molar-refractivity contribution in [2.45, 2.75) is 26.8 Å². The number of hydrogen-bond donors (Lipinski definition) is 1. The first-order valence-corrected chi connectivity index (χ1v) is 9.38. The van der Waals surface area contributed by atoms with Crippen LogP contribution in [-0.2, 0) is 0 Å². The zero-order chi connectivity index (χ0) is 15.4. The number of thiophene rings is 1. The van der Waals surface area contributed by atoms with Crippen LogP contribution in [0.4, 0.5) is 0 Å². The van der Waals surface area contributed by atoms with E-state index < -0.39 is 0 Å². The predicted molar refractivity (Wildman–Crippen MR) is 97.6 cm³/mol. The van der Waals surface area contributed by atoms with Crippen LogP contribution in [0.5, 0.6) is 5.75 Å². The van der Waals surface area contributed by atoms with Crippen LogP contribution in [0, 0.1) is 6.92 Å². The fourth-order valence-corrected chi connectivity index (χ4v) is 4.44. The van der Waals surface area contributed by atoms with Gasteiger partial charge in [0.25, 0.3) is 0 Å². The summed E-state index contributed by atoms with van der Waals surface area (Å²) in [6.45, 7) is 7.85. The fraction of sp³-hybridized carbons (Fsp3) is 0.375. The number of nitrogens with one attached hydrogen (secondary N) is 1. The lowest BCUT2D eigenvalue weighted by Gasteiger charge is -2.19. The van der Waals surface area contributed by atoms with Crippen molar-refractivity contribution in [2.24, 2.45) is 0 Å². The molecule has 1 aromatic carbocycles. The lowest BCUT2D eigenvalue weighted by molar-refractivity contribution is 0.340. The monoisotopic (exact) mass is 431 g/mol. The maximum Gasteiger partial charge on any atom is 0.120 e. The summed E-state index contributed by atoms with van der Waals surface area (Å²) in [5.74, 6) is 0.895. The Morgan fingerprint density at radius 2 is 2.00 bits per heavy atom. The minimum Gasteiger partial charge on any atom is -0.494 e. The molecule has 5 heteroatoms.